The quantitative estimate of drug-likeness (QED) is 0.729. The normalized spacial score (nSPS) is 10.4. The van der Waals surface area contributed by atoms with Crippen LogP contribution in [0.2, 0.25) is 0 Å². The number of fused-ring (bicyclic) bond motifs is 1. The first-order valence-electron chi connectivity index (χ1n) is 4.82. The maximum absolute atomic E-state index is 5.25. The summed E-state index contributed by atoms with van der Waals surface area (Å²) in [7, 11) is 0. The number of halogens is 2. The molecule has 17 heavy (non-hydrogen) atoms. The second kappa shape index (κ2) is 4.89. The molecule has 0 N–H and O–H groups in total. The molecule has 4 nitrogen and oxygen atoms in total. The van der Waals surface area contributed by atoms with Crippen molar-refractivity contribution >= 4 is 39.3 Å². The van der Waals surface area contributed by atoms with Gasteiger partial charge in [-0.1, -0.05) is 21.1 Å². The minimum atomic E-state index is 0. The summed E-state index contributed by atoms with van der Waals surface area (Å²) in [5, 5.41) is 5.10. The molecule has 0 spiro atoms. The fourth-order valence-corrected chi connectivity index (χ4v) is 1.99. The van der Waals surface area contributed by atoms with Crippen LogP contribution in [0.5, 0.6) is 0 Å². The third-order valence-corrected chi connectivity index (χ3v) is 2.89. The van der Waals surface area contributed by atoms with E-state index in [-0.39, 0.29) is 12.4 Å². The first kappa shape index (κ1) is 12.1. The van der Waals surface area contributed by atoms with E-state index >= 15 is 0 Å². The van der Waals surface area contributed by atoms with Gasteiger partial charge in [-0.2, -0.15) is 0 Å². The van der Waals surface area contributed by atoms with Gasteiger partial charge in [0.25, 0.3) is 0 Å². The van der Waals surface area contributed by atoms with Gasteiger partial charge in [-0.15, -0.1) is 12.4 Å². The summed E-state index contributed by atoms with van der Waals surface area (Å²) in [6, 6.07) is 5.86. The molecule has 6 heteroatoms. The Morgan fingerprint density at radius 2 is 2.24 bits per heavy atom. The molecule has 0 saturated heterocycles. The lowest BCUT2D eigenvalue weighted by atomic mass is 10.2. The molecule has 2 aromatic heterocycles. The predicted molar refractivity (Wildman–Crippen MR) is 70.3 cm³/mol. The zero-order chi connectivity index (χ0) is 11.0. The van der Waals surface area contributed by atoms with Crippen LogP contribution < -0.4 is 0 Å². The molecule has 0 aliphatic heterocycles. The van der Waals surface area contributed by atoms with Gasteiger partial charge in [-0.25, -0.2) is 4.98 Å². The smallest absolute Gasteiger partial charge is 0.167 e. The Morgan fingerprint density at radius 3 is 3.00 bits per heavy atom. The van der Waals surface area contributed by atoms with E-state index in [9.17, 15) is 0 Å². The van der Waals surface area contributed by atoms with Crippen molar-refractivity contribution in [1.82, 2.24) is 14.7 Å². The zero-order valence-electron chi connectivity index (χ0n) is 8.71. The van der Waals surface area contributed by atoms with E-state index in [0.717, 1.165) is 21.1 Å². The second-order valence-corrected chi connectivity index (χ2v) is 4.42. The van der Waals surface area contributed by atoms with E-state index in [2.05, 4.69) is 26.1 Å². The molecule has 3 rings (SSSR count). The first-order valence-corrected chi connectivity index (χ1v) is 5.62. The van der Waals surface area contributed by atoms with Crippen molar-refractivity contribution in [2.45, 2.75) is 6.54 Å². The summed E-state index contributed by atoms with van der Waals surface area (Å²) >= 11 is 3.44. The van der Waals surface area contributed by atoms with Crippen LogP contribution in [0.1, 0.15) is 5.69 Å². The highest BCUT2D eigenvalue weighted by molar-refractivity contribution is 9.10. The Labute approximate surface area is 112 Å². The van der Waals surface area contributed by atoms with Gasteiger partial charge in [-0.05, 0) is 18.2 Å². The second-order valence-electron chi connectivity index (χ2n) is 3.50. The van der Waals surface area contributed by atoms with E-state index < -0.39 is 0 Å². The van der Waals surface area contributed by atoms with Gasteiger partial charge in [0.05, 0.1) is 12.9 Å². The lowest BCUT2D eigenvalue weighted by molar-refractivity contribution is 0.443. The lowest BCUT2D eigenvalue weighted by Crippen LogP contribution is -1.96. The molecule has 3 aromatic rings. The number of hydrogen-bond acceptors (Lipinski definition) is 3. The van der Waals surface area contributed by atoms with Gasteiger partial charge in [0.2, 0.25) is 0 Å². The number of aromatic nitrogens is 3. The van der Waals surface area contributed by atoms with Crippen LogP contribution in [0.15, 0.2) is 45.9 Å². The summed E-state index contributed by atoms with van der Waals surface area (Å²) in [6.07, 6.45) is 5.41. The molecule has 0 aliphatic carbocycles. The van der Waals surface area contributed by atoms with Gasteiger partial charge < -0.3 is 9.09 Å². The van der Waals surface area contributed by atoms with E-state index in [4.69, 9.17) is 4.52 Å². The van der Waals surface area contributed by atoms with Crippen molar-refractivity contribution < 1.29 is 4.52 Å². The van der Waals surface area contributed by atoms with Crippen LogP contribution in [-0.4, -0.2) is 14.7 Å². The van der Waals surface area contributed by atoms with Gasteiger partial charge in [0.15, 0.2) is 5.58 Å². The Kier molecular flexibility index (Phi) is 3.49. The Morgan fingerprint density at radius 1 is 1.35 bits per heavy atom. The van der Waals surface area contributed by atoms with Crippen molar-refractivity contribution in [2.24, 2.45) is 0 Å². The van der Waals surface area contributed by atoms with Crippen LogP contribution in [-0.2, 0) is 6.54 Å². The molecule has 0 fully saturated rings. The molecular formula is C11H9BrClN3O. The van der Waals surface area contributed by atoms with E-state index in [1.165, 1.54) is 0 Å². The summed E-state index contributed by atoms with van der Waals surface area (Å²) in [5.74, 6) is 0. The topological polar surface area (TPSA) is 43.9 Å². The van der Waals surface area contributed by atoms with Crippen LogP contribution >= 0.6 is 28.3 Å². The summed E-state index contributed by atoms with van der Waals surface area (Å²) in [6.45, 7) is 0.670. The molecule has 0 atom stereocenters. The van der Waals surface area contributed by atoms with Gasteiger partial charge in [0.1, 0.15) is 5.69 Å². The summed E-state index contributed by atoms with van der Waals surface area (Å²) in [4.78, 5) is 4.00. The highest BCUT2D eigenvalue weighted by atomic mass is 79.9. The SMILES string of the molecule is Brc1ccc2onc(Cn3ccnc3)c2c1.Cl. The van der Waals surface area contributed by atoms with Crippen molar-refractivity contribution in [3.8, 4) is 0 Å². The number of rotatable bonds is 2. The molecule has 0 bridgehead atoms. The zero-order valence-corrected chi connectivity index (χ0v) is 11.1. The highest BCUT2D eigenvalue weighted by Crippen LogP contribution is 2.23. The summed E-state index contributed by atoms with van der Waals surface area (Å²) < 4.78 is 8.23. The molecule has 0 unspecified atom stereocenters. The molecule has 0 aliphatic rings. The first-order chi connectivity index (χ1) is 7.83. The van der Waals surface area contributed by atoms with Gasteiger partial charge in [0, 0.05) is 22.3 Å². The molecule has 0 saturated carbocycles. The number of nitrogens with zero attached hydrogens (tertiary/aromatic N) is 3. The average molecular weight is 315 g/mol. The molecule has 88 valence electrons. The van der Waals surface area contributed by atoms with Crippen LogP contribution in [0, 0.1) is 0 Å². The van der Waals surface area contributed by atoms with Crippen LogP contribution in [0.4, 0.5) is 0 Å². The van der Waals surface area contributed by atoms with E-state index in [0.29, 0.717) is 6.54 Å². The van der Waals surface area contributed by atoms with E-state index in [1.807, 2.05) is 29.0 Å². The predicted octanol–water partition coefficient (Wildman–Crippen LogP) is 3.26. The Bertz CT molecular complexity index is 621. The molecule has 2 heterocycles. The maximum atomic E-state index is 5.25. The molecule has 0 amide bonds. The summed E-state index contributed by atoms with van der Waals surface area (Å²) in [5.41, 5.74) is 1.72. The fourth-order valence-electron chi connectivity index (χ4n) is 1.63. The molecular weight excluding hydrogens is 305 g/mol. The van der Waals surface area contributed by atoms with Crippen LogP contribution in [0.25, 0.3) is 11.0 Å². The van der Waals surface area contributed by atoms with Crippen molar-refractivity contribution in [2.75, 3.05) is 0 Å². The minimum absolute atomic E-state index is 0. The number of benzene rings is 1. The van der Waals surface area contributed by atoms with Gasteiger partial charge in [-0.3, -0.25) is 0 Å². The van der Waals surface area contributed by atoms with Crippen molar-refractivity contribution in [3.05, 3.63) is 47.1 Å². The maximum Gasteiger partial charge on any atom is 0.167 e. The fraction of sp³-hybridized carbons (Fsp3) is 0.0909. The largest absolute Gasteiger partial charge is 0.356 e. The Balaban J connectivity index is 0.00000108. The van der Waals surface area contributed by atoms with E-state index in [1.54, 1.807) is 12.5 Å². The Hall–Kier alpha value is -1.33. The van der Waals surface area contributed by atoms with Gasteiger partial charge >= 0.3 is 0 Å². The number of hydrogen-bond donors (Lipinski definition) is 0. The number of imidazole rings is 1. The average Bonchev–Trinajstić information content (AvgIpc) is 2.90. The molecule has 0 radical (unpaired) electrons. The van der Waals surface area contributed by atoms with Crippen LogP contribution in [0.3, 0.4) is 0 Å². The minimum Gasteiger partial charge on any atom is -0.356 e. The third-order valence-electron chi connectivity index (χ3n) is 2.40. The van der Waals surface area contributed by atoms with Crippen molar-refractivity contribution in [1.29, 1.82) is 0 Å². The lowest BCUT2D eigenvalue weighted by Gasteiger charge is -1.97. The highest BCUT2D eigenvalue weighted by Gasteiger charge is 2.08. The monoisotopic (exact) mass is 313 g/mol. The molecule has 1 aromatic carbocycles. The standard InChI is InChI=1S/C11H8BrN3O.ClH/c12-8-1-2-11-9(5-8)10(14-16-11)6-15-4-3-13-7-15;/h1-5,7H,6H2;1H. The van der Waals surface area contributed by atoms with Crippen molar-refractivity contribution in [3.63, 3.8) is 0 Å². The third kappa shape index (κ3) is 2.35.